The van der Waals surface area contributed by atoms with Gasteiger partial charge in [-0.25, -0.2) is 4.99 Å². The van der Waals surface area contributed by atoms with Crippen LogP contribution in [-0.2, 0) is 20.9 Å². The number of amides is 2. The number of hydrogen-bond acceptors (Lipinski definition) is 7. The van der Waals surface area contributed by atoms with Crippen LogP contribution < -0.4 is 14.8 Å². The third-order valence-electron chi connectivity index (χ3n) is 6.30. The normalized spacial score (nSPS) is 17.5. The second-order valence-electron chi connectivity index (χ2n) is 8.59. The summed E-state index contributed by atoms with van der Waals surface area (Å²) in [5, 5.41) is 12.0. The van der Waals surface area contributed by atoms with Crippen LogP contribution in [0.3, 0.4) is 0 Å². The van der Waals surface area contributed by atoms with Gasteiger partial charge < -0.3 is 24.4 Å². The lowest BCUT2D eigenvalue weighted by atomic mass is 9.94. The molecule has 0 atom stereocenters. The van der Waals surface area contributed by atoms with Crippen molar-refractivity contribution in [1.82, 2.24) is 15.1 Å². The van der Waals surface area contributed by atoms with Gasteiger partial charge in [-0.2, -0.15) is 0 Å². The largest absolute Gasteiger partial charge is 0.492 e. The highest BCUT2D eigenvalue weighted by molar-refractivity contribution is 6.06. The number of ether oxygens (including phenoxy) is 2. The number of benzene rings is 1. The number of carboxylic acid groups (broad SMARTS) is 1. The minimum Gasteiger partial charge on any atom is -0.492 e. The number of aliphatic carboxylic acids is 1. The second kappa shape index (κ2) is 10.1. The molecule has 1 aromatic rings. The molecular formula is C23H30N4O6. The Balaban J connectivity index is 1.35. The highest BCUT2D eigenvalue weighted by Crippen LogP contribution is 2.40. The maximum absolute atomic E-state index is 12.8. The van der Waals surface area contributed by atoms with Crippen molar-refractivity contribution in [2.45, 2.75) is 57.5 Å². The lowest BCUT2D eigenvalue weighted by molar-refractivity contribution is -0.146. The molecule has 2 N–H and O–H groups in total. The topological polar surface area (TPSA) is 121 Å². The number of guanidine groups is 1. The van der Waals surface area contributed by atoms with Crippen molar-refractivity contribution in [2.24, 2.45) is 4.99 Å². The highest BCUT2D eigenvalue weighted by Gasteiger charge is 2.31. The van der Waals surface area contributed by atoms with Gasteiger partial charge in [-0.3, -0.25) is 19.7 Å². The van der Waals surface area contributed by atoms with Crippen molar-refractivity contribution in [3.8, 4) is 11.5 Å². The van der Waals surface area contributed by atoms with E-state index in [1.54, 1.807) is 13.2 Å². The molecule has 2 fully saturated rings. The number of aliphatic imine (C=N–C) groups is 1. The minimum absolute atomic E-state index is 0.0152. The Morgan fingerprint density at radius 3 is 2.76 bits per heavy atom. The van der Waals surface area contributed by atoms with Crippen LogP contribution in [0.1, 0.15) is 50.5 Å². The molecule has 1 aliphatic carbocycles. The summed E-state index contributed by atoms with van der Waals surface area (Å²) in [7, 11) is 1.56. The van der Waals surface area contributed by atoms with Gasteiger partial charge in [-0.15, -0.1) is 0 Å². The number of nitrogens with zero attached hydrogens (tertiary/aromatic N) is 3. The molecule has 2 heterocycles. The van der Waals surface area contributed by atoms with E-state index in [1.165, 1.54) is 4.90 Å². The first-order valence-corrected chi connectivity index (χ1v) is 11.4. The van der Waals surface area contributed by atoms with E-state index in [0.717, 1.165) is 43.4 Å². The summed E-state index contributed by atoms with van der Waals surface area (Å²) < 4.78 is 11.5. The Morgan fingerprint density at radius 1 is 1.24 bits per heavy atom. The molecule has 1 saturated heterocycles. The molecule has 2 amide bonds. The first-order chi connectivity index (χ1) is 16.0. The van der Waals surface area contributed by atoms with Gasteiger partial charge in [0.1, 0.15) is 13.1 Å². The summed E-state index contributed by atoms with van der Waals surface area (Å²) in [6, 6.07) is 3.61. The number of carbonyl (C=O) groups is 3. The number of nitrogens with one attached hydrogen (secondary N) is 1. The van der Waals surface area contributed by atoms with E-state index in [-0.39, 0.29) is 37.4 Å². The van der Waals surface area contributed by atoms with Gasteiger partial charge in [0, 0.05) is 18.0 Å². The van der Waals surface area contributed by atoms with Gasteiger partial charge in [-0.1, -0.05) is 19.3 Å². The number of carboxylic acids is 1. The fourth-order valence-electron chi connectivity index (χ4n) is 4.73. The van der Waals surface area contributed by atoms with Gasteiger partial charge in [-0.05, 0) is 31.4 Å². The molecular weight excluding hydrogens is 428 g/mol. The zero-order chi connectivity index (χ0) is 23.4. The van der Waals surface area contributed by atoms with Crippen LogP contribution >= 0.6 is 0 Å². The SMILES string of the molecule is COc1c(OCCCC(=O)N(CC(=O)O)C2CCCCC2)ccc2c1CN1CC(=O)NC1=N2. The predicted molar refractivity (Wildman–Crippen MR) is 120 cm³/mol. The van der Waals surface area contributed by atoms with Crippen LogP contribution in [0.15, 0.2) is 17.1 Å². The van der Waals surface area contributed by atoms with Crippen molar-refractivity contribution in [3.05, 3.63) is 17.7 Å². The fraction of sp³-hybridized carbons (Fsp3) is 0.565. The summed E-state index contributed by atoms with van der Waals surface area (Å²) in [5.74, 6) is 0.451. The molecule has 0 aromatic heterocycles. The summed E-state index contributed by atoms with van der Waals surface area (Å²) >= 11 is 0. The number of fused-ring (bicyclic) bond motifs is 2. The zero-order valence-electron chi connectivity index (χ0n) is 18.8. The van der Waals surface area contributed by atoms with Crippen LogP contribution in [0.25, 0.3) is 0 Å². The van der Waals surface area contributed by atoms with Gasteiger partial charge in [0.15, 0.2) is 11.5 Å². The lowest BCUT2D eigenvalue weighted by Crippen LogP contribution is -2.44. The van der Waals surface area contributed by atoms with E-state index in [4.69, 9.17) is 9.47 Å². The Morgan fingerprint density at radius 2 is 2.03 bits per heavy atom. The molecule has 0 bridgehead atoms. The quantitative estimate of drug-likeness (QED) is 0.543. The van der Waals surface area contributed by atoms with Crippen molar-refractivity contribution >= 4 is 29.4 Å². The van der Waals surface area contributed by atoms with Crippen LogP contribution in [0.5, 0.6) is 11.5 Å². The summed E-state index contributed by atoms with van der Waals surface area (Å²) in [6.07, 6.45) is 5.62. The summed E-state index contributed by atoms with van der Waals surface area (Å²) in [5.41, 5.74) is 1.57. The van der Waals surface area contributed by atoms with Crippen LogP contribution in [0, 0.1) is 0 Å². The molecule has 1 saturated carbocycles. The molecule has 3 aliphatic rings. The van der Waals surface area contributed by atoms with Crippen molar-refractivity contribution in [2.75, 3.05) is 26.8 Å². The van der Waals surface area contributed by atoms with E-state index >= 15 is 0 Å². The molecule has 33 heavy (non-hydrogen) atoms. The zero-order valence-corrected chi connectivity index (χ0v) is 18.8. The first-order valence-electron chi connectivity index (χ1n) is 11.4. The number of methoxy groups -OCH3 is 1. The Bertz CT molecular complexity index is 957. The molecule has 0 unspecified atom stereocenters. The third kappa shape index (κ3) is 5.20. The number of hydrogen-bond donors (Lipinski definition) is 2. The smallest absolute Gasteiger partial charge is 0.323 e. The average molecular weight is 459 g/mol. The molecule has 2 aliphatic heterocycles. The van der Waals surface area contributed by atoms with Crippen LogP contribution in [0.4, 0.5) is 5.69 Å². The standard InChI is InChI=1S/C23H30N4O6/c1-32-22-16-12-26-13-19(28)25-23(26)24-17(16)9-10-18(22)33-11-5-8-20(29)27(14-21(30)31)15-6-3-2-4-7-15/h9-10,15H,2-8,11-14H2,1H3,(H,30,31)(H,24,25,28). The first kappa shape index (κ1) is 22.9. The van der Waals surface area contributed by atoms with E-state index in [9.17, 15) is 19.5 Å². The summed E-state index contributed by atoms with van der Waals surface area (Å²) in [4.78, 5) is 43.6. The van der Waals surface area contributed by atoms with Gasteiger partial charge in [0.05, 0.1) is 25.9 Å². The van der Waals surface area contributed by atoms with E-state index in [1.807, 2.05) is 11.0 Å². The molecule has 0 spiro atoms. The number of carbonyl (C=O) groups excluding carboxylic acids is 2. The molecule has 0 radical (unpaired) electrons. The average Bonchev–Trinajstić information content (AvgIpc) is 3.17. The van der Waals surface area contributed by atoms with Gasteiger partial charge >= 0.3 is 5.97 Å². The van der Waals surface area contributed by atoms with Crippen molar-refractivity contribution in [3.63, 3.8) is 0 Å². The Hall–Kier alpha value is -3.30. The van der Waals surface area contributed by atoms with E-state index in [0.29, 0.717) is 37.0 Å². The molecule has 10 heteroatoms. The fourth-order valence-corrected chi connectivity index (χ4v) is 4.73. The maximum atomic E-state index is 12.8. The van der Waals surface area contributed by atoms with Crippen LogP contribution in [-0.4, -0.2) is 71.5 Å². The third-order valence-corrected chi connectivity index (χ3v) is 6.30. The van der Waals surface area contributed by atoms with Gasteiger partial charge in [0.2, 0.25) is 17.8 Å². The Labute approximate surface area is 192 Å². The molecule has 10 nitrogen and oxygen atoms in total. The molecule has 4 rings (SSSR count). The lowest BCUT2D eigenvalue weighted by Gasteiger charge is -2.33. The van der Waals surface area contributed by atoms with Crippen LogP contribution in [0.2, 0.25) is 0 Å². The highest BCUT2D eigenvalue weighted by atomic mass is 16.5. The molecule has 178 valence electrons. The van der Waals surface area contributed by atoms with E-state index in [2.05, 4.69) is 10.3 Å². The predicted octanol–water partition coefficient (Wildman–Crippen LogP) is 2.03. The van der Waals surface area contributed by atoms with E-state index < -0.39 is 5.97 Å². The van der Waals surface area contributed by atoms with Gasteiger partial charge in [0.25, 0.3) is 0 Å². The maximum Gasteiger partial charge on any atom is 0.323 e. The molecule has 1 aromatic carbocycles. The summed E-state index contributed by atoms with van der Waals surface area (Å²) in [6.45, 7) is 0.782. The second-order valence-corrected chi connectivity index (χ2v) is 8.59. The Kier molecular flexibility index (Phi) is 7.00. The minimum atomic E-state index is -0.982. The van der Waals surface area contributed by atoms with Crippen molar-refractivity contribution < 1.29 is 29.0 Å². The van der Waals surface area contributed by atoms with Crippen molar-refractivity contribution in [1.29, 1.82) is 0 Å². The number of rotatable bonds is 9. The monoisotopic (exact) mass is 458 g/mol.